The van der Waals surface area contributed by atoms with Gasteiger partial charge in [0.15, 0.2) is 0 Å². The molecular weight excluding hydrogens is 206 g/mol. The van der Waals surface area contributed by atoms with Gasteiger partial charge in [-0.2, -0.15) is 5.26 Å². The molecule has 0 aliphatic rings. The molecule has 0 bridgehead atoms. The third-order valence-electron chi connectivity index (χ3n) is 2.35. The van der Waals surface area contributed by atoms with Crippen molar-refractivity contribution < 1.29 is 14.7 Å². The first kappa shape index (κ1) is 11.9. The van der Waals surface area contributed by atoms with Crippen LogP contribution in [0.25, 0.3) is 0 Å². The summed E-state index contributed by atoms with van der Waals surface area (Å²) in [5.41, 5.74) is 2.10. The Bertz CT molecular complexity index is 486. The molecule has 82 valence electrons. The second-order valence-corrected chi connectivity index (χ2v) is 3.59. The molecule has 0 saturated carbocycles. The number of carboxylic acids is 1. The molecule has 0 aliphatic carbocycles. The molecule has 4 nitrogen and oxygen atoms in total. The van der Waals surface area contributed by atoms with Gasteiger partial charge in [0.25, 0.3) is 5.78 Å². The zero-order valence-electron chi connectivity index (χ0n) is 9.02. The molecule has 0 radical (unpaired) electrons. The fourth-order valence-electron chi connectivity index (χ4n) is 1.46. The van der Waals surface area contributed by atoms with E-state index in [1.165, 1.54) is 0 Å². The number of carboxylic acid groups (broad SMARTS) is 1. The predicted octanol–water partition coefficient (Wildman–Crippen LogP) is 1.56. The van der Waals surface area contributed by atoms with Crippen LogP contribution in [0.15, 0.2) is 18.2 Å². The molecule has 4 heteroatoms. The number of carbonyl (C=O) groups is 2. The summed E-state index contributed by atoms with van der Waals surface area (Å²) in [7, 11) is 0. The third kappa shape index (κ3) is 2.26. The van der Waals surface area contributed by atoms with Crippen molar-refractivity contribution in [1.82, 2.24) is 0 Å². The van der Waals surface area contributed by atoms with Crippen molar-refractivity contribution in [2.75, 3.05) is 0 Å². The smallest absolute Gasteiger partial charge is 0.373 e. The Morgan fingerprint density at radius 1 is 1.38 bits per heavy atom. The number of benzene rings is 1. The average molecular weight is 217 g/mol. The van der Waals surface area contributed by atoms with Crippen LogP contribution < -0.4 is 0 Å². The Kier molecular flexibility index (Phi) is 3.41. The van der Waals surface area contributed by atoms with E-state index in [4.69, 9.17) is 10.4 Å². The van der Waals surface area contributed by atoms with Crippen molar-refractivity contribution in [1.29, 1.82) is 5.26 Å². The Labute approximate surface area is 93.1 Å². The van der Waals surface area contributed by atoms with E-state index in [0.29, 0.717) is 5.56 Å². The first-order chi connectivity index (χ1) is 7.47. The number of nitriles is 1. The summed E-state index contributed by atoms with van der Waals surface area (Å²) in [5, 5.41) is 17.5. The van der Waals surface area contributed by atoms with Crippen molar-refractivity contribution in [2.24, 2.45) is 0 Å². The lowest BCUT2D eigenvalue weighted by Crippen LogP contribution is -2.21. The van der Waals surface area contributed by atoms with Crippen molar-refractivity contribution in [3.63, 3.8) is 0 Å². The summed E-state index contributed by atoms with van der Waals surface area (Å²) >= 11 is 0. The van der Waals surface area contributed by atoms with Crippen LogP contribution in [0.1, 0.15) is 22.6 Å². The monoisotopic (exact) mass is 217 g/mol. The van der Waals surface area contributed by atoms with Gasteiger partial charge in [0.2, 0.25) is 0 Å². The summed E-state index contributed by atoms with van der Waals surface area (Å²) in [5.74, 6) is -3.89. The van der Waals surface area contributed by atoms with E-state index in [9.17, 15) is 9.59 Å². The van der Waals surface area contributed by atoms with Crippen LogP contribution in [-0.4, -0.2) is 16.9 Å². The van der Waals surface area contributed by atoms with E-state index >= 15 is 0 Å². The first-order valence-corrected chi connectivity index (χ1v) is 4.71. The first-order valence-electron chi connectivity index (χ1n) is 4.71. The van der Waals surface area contributed by atoms with E-state index in [0.717, 1.165) is 11.1 Å². The Balaban J connectivity index is 3.25. The van der Waals surface area contributed by atoms with Gasteiger partial charge in [0.1, 0.15) is 5.92 Å². The standard InChI is InChI=1S/C12H11NO3/c1-7-3-4-8(2)9(5-7)10(6-13)11(14)12(15)16/h3-5,10H,1-2H3,(H,15,16)/t10-/m0/s1. The molecule has 0 fully saturated rings. The Morgan fingerprint density at radius 2 is 2.00 bits per heavy atom. The Morgan fingerprint density at radius 3 is 2.50 bits per heavy atom. The van der Waals surface area contributed by atoms with Crippen LogP contribution in [0, 0.1) is 25.2 Å². The van der Waals surface area contributed by atoms with Gasteiger partial charge in [-0.3, -0.25) is 4.79 Å². The van der Waals surface area contributed by atoms with Crippen molar-refractivity contribution >= 4 is 11.8 Å². The van der Waals surface area contributed by atoms with Crippen LogP contribution in [0.5, 0.6) is 0 Å². The topological polar surface area (TPSA) is 78.2 Å². The maximum absolute atomic E-state index is 11.3. The minimum atomic E-state index is -1.58. The number of ketones is 1. The number of carbonyl (C=O) groups excluding carboxylic acids is 1. The minimum Gasteiger partial charge on any atom is -0.475 e. The zero-order valence-corrected chi connectivity index (χ0v) is 9.02. The highest BCUT2D eigenvalue weighted by atomic mass is 16.4. The molecule has 0 aliphatic heterocycles. The van der Waals surface area contributed by atoms with Crippen LogP contribution in [0.2, 0.25) is 0 Å². The van der Waals surface area contributed by atoms with Crippen molar-refractivity contribution in [3.05, 3.63) is 34.9 Å². The number of hydrogen-bond donors (Lipinski definition) is 1. The second-order valence-electron chi connectivity index (χ2n) is 3.59. The maximum atomic E-state index is 11.3. The van der Waals surface area contributed by atoms with E-state index < -0.39 is 17.7 Å². The summed E-state index contributed by atoms with van der Waals surface area (Å²) in [4.78, 5) is 21.9. The van der Waals surface area contributed by atoms with Gasteiger partial charge in [-0.1, -0.05) is 23.8 Å². The van der Waals surface area contributed by atoms with Crippen LogP contribution in [-0.2, 0) is 9.59 Å². The molecule has 0 amide bonds. The van der Waals surface area contributed by atoms with Gasteiger partial charge in [0, 0.05) is 0 Å². The summed E-state index contributed by atoms with van der Waals surface area (Å²) in [6, 6.07) is 7.02. The highest BCUT2D eigenvalue weighted by Gasteiger charge is 2.27. The molecular formula is C12H11NO3. The van der Waals surface area contributed by atoms with Crippen LogP contribution in [0.4, 0.5) is 0 Å². The normalized spacial score (nSPS) is 11.6. The highest BCUT2D eigenvalue weighted by molar-refractivity contribution is 6.35. The number of nitrogens with zero attached hydrogens (tertiary/aromatic N) is 1. The fourth-order valence-corrected chi connectivity index (χ4v) is 1.46. The van der Waals surface area contributed by atoms with Crippen molar-refractivity contribution in [3.8, 4) is 6.07 Å². The molecule has 0 spiro atoms. The van der Waals surface area contributed by atoms with Gasteiger partial charge in [-0.15, -0.1) is 0 Å². The SMILES string of the molecule is Cc1ccc(C)c([C@H](C#N)C(=O)C(=O)O)c1. The highest BCUT2D eigenvalue weighted by Crippen LogP contribution is 2.21. The molecule has 0 saturated heterocycles. The predicted molar refractivity (Wildman–Crippen MR) is 56.9 cm³/mol. The van der Waals surface area contributed by atoms with Gasteiger partial charge in [-0.25, -0.2) is 4.79 Å². The van der Waals surface area contributed by atoms with E-state index in [2.05, 4.69) is 0 Å². The summed E-state index contributed by atoms with van der Waals surface area (Å²) in [6.07, 6.45) is 0. The summed E-state index contributed by atoms with van der Waals surface area (Å²) in [6.45, 7) is 3.57. The quantitative estimate of drug-likeness (QED) is 0.779. The minimum absolute atomic E-state index is 0.468. The van der Waals surface area contributed by atoms with Gasteiger partial charge >= 0.3 is 5.97 Å². The second kappa shape index (κ2) is 4.58. The van der Waals surface area contributed by atoms with E-state index in [1.54, 1.807) is 25.1 Å². The number of aryl methyl sites for hydroxylation is 2. The van der Waals surface area contributed by atoms with Crippen LogP contribution >= 0.6 is 0 Å². The lowest BCUT2D eigenvalue weighted by molar-refractivity contribution is -0.149. The molecule has 16 heavy (non-hydrogen) atoms. The zero-order chi connectivity index (χ0) is 12.3. The molecule has 0 unspecified atom stereocenters. The van der Waals surface area contributed by atoms with E-state index in [-0.39, 0.29) is 0 Å². The number of rotatable bonds is 3. The average Bonchev–Trinajstić information content (AvgIpc) is 2.23. The number of Topliss-reactive ketones (excluding diaryl/α,β-unsaturated/α-hetero) is 1. The summed E-state index contributed by atoms with van der Waals surface area (Å²) < 4.78 is 0. The molecule has 0 aromatic heterocycles. The molecule has 1 atom stereocenters. The molecule has 1 aromatic rings. The lowest BCUT2D eigenvalue weighted by atomic mass is 9.91. The lowest BCUT2D eigenvalue weighted by Gasteiger charge is -2.10. The van der Waals surface area contributed by atoms with Crippen molar-refractivity contribution in [2.45, 2.75) is 19.8 Å². The molecule has 1 aromatic carbocycles. The third-order valence-corrected chi connectivity index (χ3v) is 2.35. The van der Waals surface area contributed by atoms with Gasteiger partial charge in [-0.05, 0) is 25.0 Å². The van der Waals surface area contributed by atoms with Gasteiger partial charge in [0.05, 0.1) is 6.07 Å². The largest absolute Gasteiger partial charge is 0.475 e. The Hall–Kier alpha value is -2.15. The molecule has 1 N–H and O–H groups in total. The number of hydrogen-bond acceptors (Lipinski definition) is 3. The molecule has 0 heterocycles. The molecule has 1 rings (SSSR count). The van der Waals surface area contributed by atoms with Gasteiger partial charge < -0.3 is 5.11 Å². The van der Waals surface area contributed by atoms with E-state index in [1.807, 2.05) is 13.0 Å². The maximum Gasteiger partial charge on any atom is 0.373 e. The van der Waals surface area contributed by atoms with Crippen LogP contribution in [0.3, 0.4) is 0 Å². The number of aliphatic carboxylic acids is 1. The fraction of sp³-hybridized carbons (Fsp3) is 0.250.